The van der Waals surface area contributed by atoms with Crippen molar-refractivity contribution >= 4 is 11.7 Å². The Morgan fingerprint density at radius 2 is 2.29 bits per heavy atom. The summed E-state index contributed by atoms with van der Waals surface area (Å²) in [7, 11) is 0. The van der Waals surface area contributed by atoms with E-state index in [1.165, 1.54) is 5.56 Å². The van der Waals surface area contributed by atoms with E-state index in [1.54, 1.807) is 13.0 Å². The summed E-state index contributed by atoms with van der Waals surface area (Å²) in [6.45, 7) is 4.49. The van der Waals surface area contributed by atoms with Crippen molar-refractivity contribution in [3.63, 3.8) is 0 Å². The number of aromatic amines is 1. The highest BCUT2D eigenvalue weighted by Gasteiger charge is 2.42. The van der Waals surface area contributed by atoms with Crippen molar-refractivity contribution in [3.05, 3.63) is 29.3 Å². The average Bonchev–Trinajstić information content (AvgIpc) is 3.20. The molecule has 24 heavy (non-hydrogen) atoms. The second-order valence-corrected chi connectivity index (χ2v) is 6.51. The standard InChI is InChI=1S/C16H21N5O3/c1-11-8-13(20-24-11)18-14(22)10-21-5-3-16(4-6-21)15-12(2-7-23-16)9-17-19-15/h8-9H,2-7,10H2,1H3,(H,17,19)(H,18,20,22). The van der Waals surface area contributed by atoms with Gasteiger partial charge < -0.3 is 14.6 Å². The van der Waals surface area contributed by atoms with Crippen molar-refractivity contribution in [2.45, 2.75) is 31.8 Å². The highest BCUT2D eigenvalue weighted by Crippen LogP contribution is 2.40. The monoisotopic (exact) mass is 331 g/mol. The first-order chi connectivity index (χ1) is 11.6. The summed E-state index contributed by atoms with van der Waals surface area (Å²) in [5, 5.41) is 13.8. The van der Waals surface area contributed by atoms with Gasteiger partial charge in [-0.1, -0.05) is 5.16 Å². The van der Waals surface area contributed by atoms with Crippen LogP contribution in [-0.2, 0) is 21.6 Å². The lowest BCUT2D eigenvalue weighted by Gasteiger charge is -2.43. The van der Waals surface area contributed by atoms with Gasteiger partial charge in [0.05, 0.1) is 25.0 Å². The molecule has 2 aromatic rings. The van der Waals surface area contributed by atoms with Gasteiger partial charge in [0.1, 0.15) is 11.4 Å². The number of aryl methyl sites for hydroxylation is 1. The molecule has 8 heteroatoms. The van der Waals surface area contributed by atoms with Gasteiger partial charge in [0.2, 0.25) is 5.91 Å². The summed E-state index contributed by atoms with van der Waals surface area (Å²) in [6, 6.07) is 1.71. The van der Waals surface area contributed by atoms with Gasteiger partial charge in [-0.3, -0.25) is 14.8 Å². The van der Waals surface area contributed by atoms with Gasteiger partial charge in [-0.2, -0.15) is 5.10 Å². The van der Waals surface area contributed by atoms with Crippen LogP contribution in [0.25, 0.3) is 0 Å². The number of amides is 1. The molecule has 0 aromatic carbocycles. The van der Waals surface area contributed by atoms with Crippen molar-refractivity contribution in [2.24, 2.45) is 0 Å². The second-order valence-electron chi connectivity index (χ2n) is 6.51. The third-order valence-electron chi connectivity index (χ3n) is 4.85. The van der Waals surface area contributed by atoms with Gasteiger partial charge in [0.25, 0.3) is 0 Å². The molecular weight excluding hydrogens is 310 g/mol. The van der Waals surface area contributed by atoms with Crippen molar-refractivity contribution in [1.29, 1.82) is 0 Å². The Morgan fingerprint density at radius 3 is 3.04 bits per heavy atom. The maximum absolute atomic E-state index is 12.1. The van der Waals surface area contributed by atoms with E-state index in [4.69, 9.17) is 9.26 Å². The van der Waals surface area contributed by atoms with E-state index in [2.05, 4.69) is 25.6 Å². The van der Waals surface area contributed by atoms with E-state index < -0.39 is 0 Å². The van der Waals surface area contributed by atoms with Crippen LogP contribution in [0.3, 0.4) is 0 Å². The number of ether oxygens (including phenoxy) is 1. The number of piperidine rings is 1. The van der Waals surface area contributed by atoms with Crippen LogP contribution in [0.4, 0.5) is 5.82 Å². The molecule has 2 N–H and O–H groups in total. The third-order valence-corrected chi connectivity index (χ3v) is 4.85. The number of anilines is 1. The highest BCUT2D eigenvalue weighted by molar-refractivity contribution is 5.91. The minimum atomic E-state index is -0.264. The molecule has 1 amide bonds. The van der Waals surface area contributed by atoms with Crippen LogP contribution in [0.15, 0.2) is 16.8 Å². The molecule has 0 bridgehead atoms. The van der Waals surface area contributed by atoms with Crippen molar-refractivity contribution < 1.29 is 14.1 Å². The summed E-state index contributed by atoms with van der Waals surface area (Å²) in [5.74, 6) is 1.06. The van der Waals surface area contributed by atoms with Gasteiger partial charge in [-0.15, -0.1) is 0 Å². The fourth-order valence-corrected chi connectivity index (χ4v) is 3.60. The molecule has 2 aromatic heterocycles. The molecule has 2 aliphatic heterocycles. The number of nitrogens with zero attached hydrogens (tertiary/aromatic N) is 3. The molecular formula is C16H21N5O3. The van der Waals surface area contributed by atoms with E-state index >= 15 is 0 Å². The molecule has 0 radical (unpaired) electrons. The lowest BCUT2D eigenvalue weighted by Crippen LogP contribution is -2.48. The van der Waals surface area contributed by atoms with Crippen LogP contribution in [-0.4, -0.2) is 52.4 Å². The van der Waals surface area contributed by atoms with Crippen molar-refractivity contribution in [1.82, 2.24) is 20.3 Å². The minimum Gasteiger partial charge on any atom is -0.368 e. The number of likely N-dealkylation sites (tertiary alicyclic amines) is 1. The Kier molecular flexibility index (Phi) is 3.85. The summed E-state index contributed by atoms with van der Waals surface area (Å²) in [5.41, 5.74) is 2.12. The van der Waals surface area contributed by atoms with Crippen molar-refractivity contribution in [3.8, 4) is 0 Å². The zero-order valence-corrected chi connectivity index (χ0v) is 13.7. The number of hydrogen-bond acceptors (Lipinski definition) is 6. The molecule has 0 atom stereocenters. The molecule has 1 spiro atoms. The van der Waals surface area contributed by atoms with E-state index in [0.29, 0.717) is 18.1 Å². The van der Waals surface area contributed by atoms with Gasteiger partial charge >= 0.3 is 0 Å². The van der Waals surface area contributed by atoms with Gasteiger partial charge in [-0.05, 0) is 31.7 Å². The lowest BCUT2D eigenvalue weighted by atomic mass is 9.84. The van der Waals surface area contributed by atoms with Crippen molar-refractivity contribution in [2.75, 3.05) is 31.6 Å². The Bertz CT molecular complexity index is 730. The first-order valence-electron chi connectivity index (χ1n) is 8.27. The maximum Gasteiger partial charge on any atom is 0.239 e. The number of fused-ring (bicyclic) bond motifs is 2. The Hall–Kier alpha value is -2.19. The molecule has 1 fully saturated rings. The largest absolute Gasteiger partial charge is 0.368 e. The summed E-state index contributed by atoms with van der Waals surface area (Å²) in [6.07, 6.45) is 4.53. The van der Waals surface area contributed by atoms with Crippen LogP contribution < -0.4 is 5.32 Å². The minimum absolute atomic E-state index is 0.0777. The predicted octanol–water partition coefficient (Wildman–Crippen LogP) is 1.21. The number of carbonyl (C=O) groups excluding carboxylic acids is 1. The number of hydrogen-bond donors (Lipinski definition) is 2. The number of nitrogens with one attached hydrogen (secondary N) is 2. The summed E-state index contributed by atoms with van der Waals surface area (Å²) < 4.78 is 11.1. The fourth-order valence-electron chi connectivity index (χ4n) is 3.60. The Labute approximate surface area is 139 Å². The quantitative estimate of drug-likeness (QED) is 0.877. The van der Waals surface area contributed by atoms with Gasteiger partial charge in [0.15, 0.2) is 5.82 Å². The molecule has 8 nitrogen and oxygen atoms in total. The number of carbonyl (C=O) groups is 1. The fraction of sp³-hybridized carbons (Fsp3) is 0.562. The Balaban J connectivity index is 1.35. The third kappa shape index (κ3) is 2.83. The summed E-state index contributed by atoms with van der Waals surface area (Å²) in [4.78, 5) is 14.3. The molecule has 4 heterocycles. The zero-order chi connectivity index (χ0) is 16.6. The first kappa shape index (κ1) is 15.3. The average molecular weight is 331 g/mol. The van der Waals surface area contributed by atoms with Crippen LogP contribution in [0.1, 0.15) is 29.9 Å². The summed E-state index contributed by atoms with van der Waals surface area (Å²) >= 11 is 0. The number of rotatable bonds is 3. The maximum atomic E-state index is 12.1. The van der Waals surface area contributed by atoms with E-state index in [0.717, 1.165) is 44.7 Å². The molecule has 128 valence electrons. The number of aromatic nitrogens is 3. The van der Waals surface area contributed by atoms with Gasteiger partial charge in [-0.25, -0.2) is 0 Å². The van der Waals surface area contributed by atoms with Crippen LogP contribution >= 0.6 is 0 Å². The Morgan fingerprint density at radius 1 is 1.46 bits per heavy atom. The van der Waals surface area contributed by atoms with Crippen LogP contribution in [0, 0.1) is 6.92 Å². The van der Waals surface area contributed by atoms with E-state index in [-0.39, 0.29) is 11.5 Å². The SMILES string of the molecule is Cc1cc(NC(=O)CN2CCC3(CC2)OCCc2cn[nH]c23)no1. The van der Waals surface area contributed by atoms with Crippen LogP contribution in [0.5, 0.6) is 0 Å². The lowest BCUT2D eigenvalue weighted by molar-refractivity contribution is -0.122. The molecule has 2 aliphatic rings. The first-order valence-corrected chi connectivity index (χ1v) is 8.27. The van der Waals surface area contributed by atoms with E-state index in [1.807, 2.05) is 6.20 Å². The molecule has 0 unspecified atom stereocenters. The predicted molar refractivity (Wildman–Crippen MR) is 85.5 cm³/mol. The topological polar surface area (TPSA) is 96.3 Å². The second kappa shape index (κ2) is 6.03. The van der Waals surface area contributed by atoms with Crippen LogP contribution in [0.2, 0.25) is 0 Å². The highest BCUT2D eigenvalue weighted by atomic mass is 16.5. The zero-order valence-electron chi connectivity index (χ0n) is 13.7. The van der Waals surface area contributed by atoms with Gasteiger partial charge in [0, 0.05) is 19.2 Å². The normalized spacial score (nSPS) is 20.0. The molecule has 0 aliphatic carbocycles. The van der Waals surface area contributed by atoms with E-state index in [9.17, 15) is 4.79 Å². The number of H-pyrrole nitrogens is 1. The molecule has 1 saturated heterocycles. The molecule has 0 saturated carbocycles. The molecule has 4 rings (SSSR count). The smallest absolute Gasteiger partial charge is 0.239 e.